The van der Waals surface area contributed by atoms with Crippen molar-refractivity contribution >= 4 is 37.3 Å². The van der Waals surface area contributed by atoms with Gasteiger partial charge in [-0.25, -0.2) is 12.8 Å². The normalized spacial score (nSPS) is 11.3. The second-order valence-electron chi connectivity index (χ2n) is 3.64. The number of nitrogens with one attached hydrogen (secondary N) is 1. The van der Waals surface area contributed by atoms with Crippen molar-refractivity contribution in [1.82, 2.24) is 4.98 Å². The first-order valence-electron chi connectivity index (χ1n) is 5.07. The van der Waals surface area contributed by atoms with E-state index in [-0.39, 0.29) is 10.6 Å². The largest absolute Gasteiger partial charge is 0.398 e. The number of hydrogen-bond donors (Lipinski definition) is 2. The summed E-state index contributed by atoms with van der Waals surface area (Å²) in [6.07, 6.45) is 2.89. The smallest absolute Gasteiger partial charge is 0.263 e. The third-order valence-electron chi connectivity index (χ3n) is 2.28. The Labute approximate surface area is 117 Å². The van der Waals surface area contributed by atoms with E-state index in [0.29, 0.717) is 10.2 Å². The minimum atomic E-state index is -3.88. The molecule has 0 bridgehead atoms. The number of nitrogens with two attached hydrogens (primary N) is 1. The van der Waals surface area contributed by atoms with E-state index in [2.05, 4.69) is 25.6 Å². The maximum absolute atomic E-state index is 12.9. The number of nitrogen functional groups attached to an aromatic ring is 1. The molecule has 0 fully saturated rings. The van der Waals surface area contributed by atoms with Gasteiger partial charge in [-0.3, -0.25) is 9.71 Å². The molecule has 3 N–H and O–H groups in total. The van der Waals surface area contributed by atoms with Gasteiger partial charge in [-0.1, -0.05) is 0 Å². The number of nitrogens with zero attached hydrogens (tertiary/aromatic N) is 1. The molecule has 19 heavy (non-hydrogen) atoms. The highest BCUT2D eigenvalue weighted by atomic mass is 79.9. The van der Waals surface area contributed by atoms with Crippen molar-refractivity contribution in [3.05, 3.63) is 46.9 Å². The van der Waals surface area contributed by atoms with Gasteiger partial charge in [0.1, 0.15) is 10.7 Å². The van der Waals surface area contributed by atoms with E-state index in [4.69, 9.17) is 5.73 Å². The lowest BCUT2D eigenvalue weighted by Gasteiger charge is -2.11. The lowest BCUT2D eigenvalue weighted by molar-refractivity contribution is 0.600. The third kappa shape index (κ3) is 3.02. The highest BCUT2D eigenvalue weighted by molar-refractivity contribution is 9.10. The lowest BCUT2D eigenvalue weighted by atomic mass is 10.3. The quantitative estimate of drug-likeness (QED) is 0.836. The van der Waals surface area contributed by atoms with Gasteiger partial charge in [-0.2, -0.15) is 0 Å². The van der Waals surface area contributed by atoms with Crippen molar-refractivity contribution in [2.24, 2.45) is 0 Å². The van der Waals surface area contributed by atoms with Gasteiger partial charge in [0.15, 0.2) is 0 Å². The molecule has 1 aromatic heterocycles. The molecule has 2 rings (SSSR count). The van der Waals surface area contributed by atoms with Crippen molar-refractivity contribution in [1.29, 1.82) is 0 Å². The van der Waals surface area contributed by atoms with Crippen LogP contribution in [-0.2, 0) is 10.0 Å². The van der Waals surface area contributed by atoms with Gasteiger partial charge in [0, 0.05) is 12.4 Å². The van der Waals surface area contributed by atoms with Crippen molar-refractivity contribution in [2.45, 2.75) is 4.90 Å². The molecule has 5 nitrogen and oxygen atoms in total. The topological polar surface area (TPSA) is 85.1 Å². The Kier molecular flexibility index (Phi) is 3.72. The average Bonchev–Trinajstić information content (AvgIpc) is 2.31. The minimum Gasteiger partial charge on any atom is -0.398 e. The summed E-state index contributed by atoms with van der Waals surface area (Å²) < 4.78 is 40.0. The Balaban J connectivity index is 2.41. The van der Waals surface area contributed by atoms with Gasteiger partial charge >= 0.3 is 0 Å². The van der Waals surface area contributed by atoms with E-state index < -0.39 is 15.8 Å². The number of aromatic nitrogens is 1. The lowest BCUT2D eigenvalue weighted by Crippen LogP contribution is -2.15. The van der Waals surface area contributed by atoms with Crippen LogP contribution in [0.1, 0.15) is 0 Å². The average molecular weight is 346 g/mol. The Bertz CT molecular complexity index is 722. The summed E-state index contributed by atoms with van der Waals surface area (Å²) in [5.74, 6) is -0.596. The van der Waals surface area contributed by atoms with Crippen LogP contribution in [0.15, 0.2) is 46.0 Å². The number of halogens is 2. The molecule has 0 aliphatic rings. The first-order valence-corrected chi connectivity index (χ1v) is 7.35. The summed E-state index contributed by atoms with van der Waals surface area (Å²) in [5, 5.41) is 0. The second kappa shape index (κ2) is 5.14. The SMILES string of the molecule is Nc1cc(F)ccc1S(=O)(=O)Nc1ccncc1Br. The summed E-state index contributed by atoms with van der Waals surface area (Å²) in [6.45, 7) is 0. The highest BCUT2D eigenvalue weighted by Gasteiger charge is 2.18. The highest BCUT2D eigenvalue weighted by Crippen LogP contribution is 2.26. The molecule has 0 spiro atoms. The molecule has 2 aromatic rings. The predicted octanol–water partition coefficient (Wildman–Crippen LogP) is 2.37. The molecule has 1 heterocycles. The van der Waals surface area contributed by atoms with Crippen LogP contribution in [0.25, 0.3) is 0 Å². The molecule has 0 saturated heterocycles. The van der Waals surface area contributed by atoms with E-state index in [1.54, 1.807) is 0 Å². The monoisotopic (exact) mass is 345 g/mol. The number of pyridine rings is 1. The molecule has 0 atom stereocenters. The molecule has 1 aromatic carbocycles. The van der Waals surface area contributed by atoms with Crippen molar-refractivity contribution in [3.8, 4) is 0 Å². The molecule has 0 unspecified atom stereocenters. The Hall–Kier alpha value is -1.67. The molecular formula is C11H9BrFN3O2S. The van der Waals surface area contributed by atoms with Crippen LogP contribution in [-0.4, -0.2) is 13.4 Å². The van der Waals surface area contributed by atoms with Crippen LogP contribution in [0.4, 0.5) is 15.8 Å². The summed E-state index contributed by atoms with van der Waals surface area (Å²) in [5.41, 5.74) is 5.68. The molecule has 0 amide bonds. The van der Waals surface area contributed by atoms with Gasteiger partial charge < -0.3 is 5.73 Å². The number of sulfonamides is 1. The van der Waals surface area contributed by atoms with E-state index in [1.807, 2.05) is 0 Å². The standard InChI is InChI=1S/C11H9BrFN3O2S/c12-8-6-15-4-3-10(8)16-19(17,18)11-2-1-7(13)5-9(11)14/h1-6H,14H2,(H,15,16). The number of benzene rings is 1. The van der Waals surface area contributed by atoms with Crippen LogP contribution in [0.2, 0.25) is 0 Å². The zero-order valence-corrected chi connectivity index (χ0v) is 11.9. The van der Waals surface area contributed by atoms with Crippen molar-refractivity contribution in [2.75, 3.05) is 10.5 Å². The first-order chi connectivity index (χ1) is 8.90. The second-order valence-corrected chi connectivity index (χ2v) is 6.15. The molecule has 8 heteroatoms. The van der Waals surface area contributed by atoms with E-state index >= 15 is 0 Å². The maximum Gasteiger partial charge on any atom is 0.263 e. The van der Waals surface area contributed by atoms with E-state index in [1.165, 1.54) is 18.5 Å². The van der Waals surface area contributed by atoms with Gasteiger partial charge in [0.2, 0.25) is 0 Å². The minimum absolute atomic E-state index is 0.155. The fraction of sp³-hybridized carbons (Fsp3) is 0. The van der Waals surface area contributed by atoms with Gasteiger partial charge in [-0.05, 0) is 40.2 Å². The summed E-state index contributed by atoms with van der Waals surface area (Å²) in [7, 11) is -3.88. The first kappa shape index (κ1) is 13.8. The maximum atomic E-state index is 12.9. The molecule has 100 valence electrons. The molecular weight excluding hydrogens is 337 g/mol. The van der Waals surface area contributed by atoms with Crippen LogP contribution in [0.5, 0.6) is 0 Å². The zero-order chi connectivity index (χ0) is 14.0. The Morgan fingerprint density at radius 3 is 2.68 bits per heavy atom. The zero-order valence-electron chi connectivity index (χ0n) is 9.47. The molecule has 0 aliphatic carbocycles. The molecule has 0 aliphatic heterocycles. The van der Waals surface area contributed by atoms with Crippen molar-refractivity contribution < 1.29 is 12.8 Å². The third-order valence-corrected chi connectivity index (χ3v) is 4.35. The van der Waals surface area contributed by atoms with Gasteiger partial charge in [-0.15, -0.1) is 0 Å². The fourth-order valence-corrected chi connectivity index (χ4v) is 3.10. The predicted molar refractivity (Wildman–Crippen MR) is 73.6 cm³/mol. The Morgan fingerprint density at radius 1 is 1.32 bits per heavy atom. The summed E-state index contributed by atoms with van der Waals surface area (Å²) in [4.78, 5) is 3.64. The number of hydrogen-bond acceptors (Lipinski definition) is 4. The van der Waals surface area contributed by atoms with Gasteiger partial charge in [0.25, 0.3) is 10.0 Å². The number of anilines is 2. The molecule has 0 radical (unpaired) electrons. The number of rotatable bonds is 3. The van der Waals surface area contributed by atoms with E-state index in [0.717, 1.165) is 18.2 Å². The van der Waals surface area contributed by atoms with Crippen LogP contribution in [0.3, 0.4) is 0 Å². The molecule has 0 saturated carbocycles. The fourth-order valence-electron chi connectivity index (χ4n) is 1.42. The van der Waals surface area contributed by atoms with Gasteiger partial charge in [0.05, 0.1) is 15.8 Å². The summed E-state index contributed by atoms with van der Waals surface area (Å²) >= 11 is 3.17. The Morgan fingerprint density at radius 2 is 2.05 bits per heavy atom. The van der Waals surface area contributed by atoms with Crippen LogP contribution >= 0.6 is 15.9 Å². The van der Waals surface area contributed by atoms with E-state index in [9.17, 15) is 12.8 Å². The van der Waals surface area contributed by atoms with Crippen LogP contribution < -0.4 is 10.5 Å². The van der Waals surface area contributed by atoms with Crippen molar-refractivity contribution in [3.63, 3.8) is 0 Å². The summed E-state index contributed by atoms with van der Waals surface area (Å²) in [6, 6.07) is 4.59. The van der Waals surface area contributed by atoms with Crippen LogP contribution in [0, 0.1) is 5.82 Å².